The molecule has 0 saturated carbocycles. The first-order valence-electron chi connectivity index (χ1n) is 7.87. The van der Waals surface area contributed by atoms with E-state index in [2.05, 4.69) is 5.32 Å². The number of fused-ring (bicyclic) bond motifs is 1. The summed E-state index contributed by atoms with van der Waals surface area (Å²) in [6.07, 6.45) is 1.78. The number of hydrogen-bond donors (Lipinski definition) is 1. The van der Waals surface area contributed by atoms with Crippen LogP contribution < -0.4 is 5.32 Å². The second kappa shape index (κ2) is 7.72. The molecule has 1 N–H and O–H groups in total. The van der Waals surface area contributed by atoms with Gasteiger partial charge in [-0.05, 0) is 25.5 Å². The zero-order valence-corrected chi connectivity index (χ0v) is 13.7. The Bertz CT molecular complexity index is 636. The van der Waals surface area contributed by atoms with Crippen LogP contribution in [-0.2, 0) is 14.3 Å². The Balaban J connectivity index is 1.93. The van der Waals surface area contributed by atoms with Gasteiger partial charge in [-0.15, -0.1) is 0 Å². The summed E-state index contributed by atoms with van der Waals surface area (Å²) < 4.78 is 4.91. The van der Waals surface area contributed by atoms with Gasteiger partial charge >= 0.3 is 5.97 Å². The maximum absolute atomic E-state index is 12.3. The highest BCUT2D eigenvalue weighted by Gasteiger charge is 2.41. The summed E-state index contributed by atoms with van der Waals surface area (Å²) in [7, 11) is 0. The van der Waals surface area contributed by atoms with Crippen molar-refractivity contribution < 1.29 is 23.9 Å². The summed E-state index contributed by atoms with van der Waals surface area (Å²) >= 11 is 0. The fourth-order valence-corrected chi connectivity index (χ4v) is 2.38. The van der Waals surface area contributed by atoms with Crippen LogP contribution in [0.15, 0.2) is 24.3 Å². The summed E-state index contributed by atoms with van der Waals surface area (Å²) in [5.41, 5.74) is 0.527. The van der Waals surface area contributed by atoms with Gasteiger partial charge < -0.3 is 10.1 Å². The van der Waals surface area contributed by atoms with Crippen molar-refractivity contribution >= 4 is 23.7 Å². The van der Waals surface area contributed by atoms with Crippen LogP contribution >= 0.6 is 0 Å². The second-order valence-electron chi connectivity index (χ2n) is 5.51. The summed E-state index contributed by atoms with van der Waals surface area (Å²) in [5.74, 6) is -2.28. The maximum atomic E-state index is 12.3. The van der Waals surface area contributed by atoms with E-state index in [4.69, 9.17) is 4.74 Å². The Morgan fingerprint density at radius 1 is 1.17 bits per heavy atom. The first-order valence-corrected chi connectivity index (χ1v) is 7.87. The standard InChI is InChI=1S/C17H20N2O5/c1-3-4-9-18-14(20)10-24-17(23)11(2)19-15(21)12-7-5-6-8-13(12)16(19)22/h5-8,11H,3-4,9-10H2,1-2H3,(H,18,20)/t11-/m0/s1. The SMILES string of the molecule is CCCCNC(=O)COC(=O)[C@H](C)N1C(=O)c2ccccc2C1=O. The molecule has 0 spiro atoms. The predicted molar refractivity (Wildman–Crippen MR) is 85.3 cm³/mol. The van der Waals surface area contributed by atoms with Crippen LogP contribution in [0.4, 0.5) is 0 Å². The highest BCUT2D eigenvalue weighted by atomic mass is 16.5. The number of benzene rings is 1. The monoisotopic (exact) mass is 332 g/mol. The van der Waals surface area contributed by atoms with Crippen molar-refractivity contribution in [3.63, 3.8) is 0 Å². The number of carbonyl (C=O) groups is 4. The molecule has 1 aliphatic heterocycles. The lowest BCUT2D eigenvalue weighted by atomic mass is 10.1. The molecule has 0 aromatic heterocycles. The van der Waals surface area contributed by atoms with E-state index >= 15 is 0 Å². The molecule has 3 amide bonds. The molecule has 0 fully saturated rings. The highest BCUT2D eigenvalue weighted by Crippen LogP contribution is 2.24. The number of hydrogen-bond acceptors (Lipinski definition) is 5. The number of unbranched alkanes of at least 4 members (excludes halogenated alkanes) is 1. The van der Waals surface area contributed by atoms with Gasteiger partial charge in [0.1, 0.15) is 6.04 Å². The van der Waals surface area contributed by atoms with Gasteiger partial charge in [0.25, 0.3) is 17.7 Å². The molecular formula is C17H20N2O5. The summed E-state index contributed by atoms with van der Waals surface area (Å²) in [6, 6.07) is 5.28. The van der Waals surface area contributed by atoms with Gasteiger partial charge in [-0.2, -0.15) is 0 Å². The first-order chi connectivity index (χ1) is 11.5. The van der Waals surface area contributed by atoms with Crippen LogP contribution in [0.3, 0.4) is 0 Å². The fraction of sp³-hybridized carbons (Fsp3) is 0.412. The van der Waals surface area contributed by atoms with Crippen molar-refractivity contribution in [1.82, 2.24) is 10.2 Å². The van der Waals surface area contributed by atoms with Crippen LogP contribution in [-0.4, -0.2) is 47.8 Å². The lowest BCUT2D eigenvalue weighted by Gasteiger charge is -2.20. The molecule has 7 heteroatoms. The van der Waals surface area contributed by atoms with E-state index in [1.807, 2.05) is 6.92 Å². The number of rotatable bonds is 7. The lowest BCUT2D eigenvalue weighted by Crippen LogP contribution is -2.44. The van der Waals surface area contributed by atoms with Crippen LogP contribution in [0.5, 0.6) is 0 Å². The highest BCUT2D eigenvalue weighted by molar-refractivity contribution is 6.22. The summed E-state index contributed by atoms with van der Waals surface area (Å²) in [4.78, 5) is 49.0. The topological polar surface area (TPSA) is 92.8 Å². The largest absolute Gasteiger partial charge is 0.454 e. The molecule has 0 saturated heterocycles. The van der Waals surface area contributed by atoms with E-state index < -0.39 is 36.3 Å². The molecule has 0 aliphatic carbocycles. The molecule has 1 aromatic carbocycles. The molecule has 128 valence electrons. The van der Waals surface area contributed by atoms with Crippen molar-refractivity contribution in [3.05, 3.63) is 35.4 Å². The van der Waals surface area contributed by atoms with Gasteiger partial charge in [0, 0.05) is 6.54 Å². The van der Waals surface area contributed by atoms with Crippen molar-refractivity contribution in [3.8, 4) is 0 Å². The van der Waals surface area contributed by atoms with Gasteiger partial charge in [-0.1, -0.05) is 25.5 Å². The molecular weight excluding hydrogens is 312 g/mol. The fourth-order valence-electron chi connectivity index (χ4n) is 2.38. The molecule has 1 atom stereocenters. The molecule has 1 aromatic rings. The Morgan fingerprint density at radius 3 is 2.29 bits per heavy atom. The Hall–Kier alpha value is -2.70. The van der Waals surface area contributed by atoms with Crippen molar-refractivity contribution in [2.75, 3.05) is 13.2 Å². The minimum Gasteiger partial charge on any atom is -0.454 e. The number of imide groups is 1. The van der Waals surface area contributed by atoms with E-state index in [0.29, 0.717) is 6.54 Å². The van der Waals surface area contributed by atoms with Crippen molar-refractivity contribution in [2.45, 2.75) is 32.7 Å². The van der Waals surface area contributed by atoms with Gasteiger partial charge in [0.15, 0.2) is 6.61 Å². The average molecular weight is 332 g/mol. The number of esters is 1. The van der Waals surface area contributed by atoms with E-state index in [0.717, 1.165) is 17.7 Å². The molecule has 0 unspecified atom stereocenters. The van der Waals surface area contributed by atoms with Crippen molar-refractivity contribution in [1.29, 1.82) is 0 Å². The normalized spacial score (nSPS) is 14.3. The molecule has 0 bridgehead atoms. The summed E-state index contributed by atoms with van der Waals surface area (Å²) in [5, 5.41) is 2.62. The third kappa shape index (κ3) is 3.61. The smallest absolute Gasteiger partial charge is 0.329 e. The van der Waals surface area contributed by atoms with Crippen LogP contribution in [0.2, 0.25) is 0 Å². The minimum atomic E-state index is -1.10. The molecule has 0 radical (unpaired) electrons. The zero-order valence-electron chi connectivity index (χ0n) is 13.7. The first kappa shape index (κ1) is 17.7. The van der Waals surface area contributed by atoms with Gasteiger partial charge in [-0.25, -0.2) is 4.79 Å². The minimum absolute atomic E-state index is 0.263. The van der Waals surface area contributed by atoms with Crippen LogP contribution in [0, 0.1) is 0 Å². The van der Waals surface area contributed by atoms with Crippen LogP contribution in [0.25, 0.3) is 0 Å². The van der Waals surface area contributed by atoms with Gasteiger partial charge in [0.05, 0.1) is 11.1 Å². The van der Waals surface area contributed by atoms with Gasteiger partial charge in [-0.3, -0.25) is 19.3 Å². The molecule has 1 aliphatic rings. The number of carbonyl (C=O) groups excluding carboxylic acids is 4. The molecule has 24 heavy (non-hydrogen) atoms. The van der Waals surface area contributed by atoms with Crippen LogP contribution in [0.1, 0.15) is 47.4 Å². The molecule has 2 rings (SSSR count). The molecule has 1 heterocycles. The predicted octanol–water partition coefficient (Wildman–Crippen LogP) is 1.13. The third-order valence-corrected chi connectivity index (χ3v) is 3.75. The lowest BCUT2D eigenvalue weighted by molar-refractivity contribution is -0.151. The summed E-state index contributed by atoms with van der Waals surface area (Å²) in [6.45, 7) is 3.48. The van der Waals surface area contributed by atoms with E-state index in [-0.39, 0.29) is 11.1 Å². The Labute approximate surface area is 140 Å². The molecule has 7 nitrogen and oxygen atoms in total. The number of amides is 3. The number of ether oxygens (including phenoxy) is 1. The van der Waals surface area contributed by atoms with E-state index in [1.165, 1.54) is 19.1 Å². The third-order valence-electron chi connectivity index (χ3n) is 3.75. The Kier molecular flexibility index (Phi) is 5.68. The quantitative estimate of drug-likeness (QED) is 0.459. The van der Waals surface area contributed by atoms with Gasteiger partial charge in [0.2, 0.25) is 0 Å². The van der Waals surface area contributed by atoms with Crippen molar-refractivity contribution in [2.24, 2.45) is 0 Å². The van der Waals surface area contributed by atoms with E-state index in [1.54, 1.807) is 12.1 Å². The van der Waals surface area contributed by atoms with E-state index in [9.17, 15) is 19.2 Å². The zero-order chi connectivity index (χ0) is 17.7. The number of nitrogens with zero attached hydrogens (tertiary/aromatic N) is 1. The average Bonchev–Trinajstić information content (AvgIpc) is 2.84. The Morgan fingerprint density at radius 2 is 1.75 bits per heavy atom. The maximum Gasteiger partial charge on any atom is 0.329 e. The number of nitrogens with one attached hydrogen (secondary N) is 1. The second-order valence-corrected chi connectivity index (χ2v) is 5.51.